The molecule has 138 valence electrons. The standard InChI is InChI=1S/C18H19ClN2O5/c1-11(15(23)12-4-6-13(19)7-5-12)26-14(22)10-21-16(24)18(20-17(21)25)8-2-3-9-18/h4-7,11H,2-3,8-10H2,1H3,(H,20,25)/t11-/m1/s1. The molecule has 1 heterocycles. The minimum Gasteiger partial charge on any atom is -0.453 e. The highest BCUT2D eigenvalue weighted by atomic mass is 35.5. The van der Waals surface area contributed by atoms with Crippen molar-refractivity contribution in [2.45, 2.75) is 44.2 Å². The summed E-state index contributed by atoms with van der Waals surface area (Å²) in [5.74, 6) is -1.59. The number of rotatable bonds is 5. The van der Waals surface area contributed by atoms with Gasteiger partial charge in [-0.3, -0.25) is 19.3 Å². The molecule has 1 atom stereocenters. The van der Waals surface area contributed by atoms with Crippen LogP contribution in [0.3, 0.4) is 0 Å². The van der Waals surface area contributed by atoms with Gasteiger partial charge in [0.15, 0.2) is 6.10 Å². The third kappa shape index (κ3) is 3.44. The highest BCUT2D eigenvalue weighted by Crippen LogP contribution is 2.34. The van der Waals surface area contributed by atoms with Crippen LogP contribution in [0.15, 0.2) is 24.3 Å². The lowest BCUT2D eigenvalue weighted by Gasteiger charge is -2.20. The summed E-state index contributed by atoms with van der Waals surface area (Å²) < 4.78 is 5.11. The Morgan fingerprint density at radius 2 is 1.85 bits per heavy atom. The number of halogens is 1. The molecular formula is C18H19ClN2O5. The molecule has 1 aliphatic heterocycles. The number of amides is 3. The van der Waals surface area contributed by atoms with Crippen LogP contribution in [0, 0.1) is 0 Å². The average molecular weight is 379 g/mol. The SMILES string of the molecule is C[C@@H](OC(=O)CN1C(=O)NC2(CCCC2)C1=O)C(=O)c1ccc(Cl)cc1. The average Bonchev–Trinajstić information content (AvgIpc) is 3.16. The molecule has 1 aliphatic carbocycles. The smallest absolute Gasteiger partial charge is 0.326 e. The summed E-state index contributed by atoms with van der Waals surface area (Å²) in [6.07, 6.45) is 1.83. The lowest BCUT2D eigenvalue weighted by Crippen LogP contribution is -2.44. The molecule has 26 heavy (non-hydrogen) atoms. The van der Waals surface area contributed by atoms with Crippen molar-refractivity contribution in [1.29, 1.82) is 0 Å². The Bertz CT molecular complexity index is 755. The Hall–Kier alpha value is -2.41. The summed E-state index contributed by atoms with van der Waals surface area (Å²) in [6, 6.07) is 5.62. The highest BCUT2D eigenvalue weighted by molar-refractivity contribution is 6.30. The first-order chi connectivity index (χ1) is 12.3. The number of hydrogen-bond acceptors (Lipinski definition) is 5. The van der Waals surface area contributed by atoms with Gasteiger partial charge < -0.3 is 10.1 Å². The van der Waals surface area contributed by atoms with Gasteiger partial charge >= 0.3 is 12.0 Å². The Kier molecular flexibility index (Phi) is 5.00. The summed E-state index contributed by atoms with van der Waals surface area (Å²) in [5, 5.41) is 3.18. The molecule has 8 heteroatoms. The van der Waals surface area contributed by atoms with Crippen LogP contribution in [0.5, 0.6) is 0 Å². The van der Waals surface area contributed by atoms with Crippen molar-refractivity contribution < 1.29 is 23.9 Å². The van der Waals surface area contributed by atoms with Gasteiger partial charge in [-0.2, -0.15) is 0 Å². The third-order valence-electron chi connectivity index (χ3n) is 4.80. The van der Waals surface area contributed by atoms with Crippen LogP contribution in [0.1, 0.15) is 43.0 Å². The van der Waals surface area contributed by atoms with E-state index in [0.717, 1.165) is 17.7 Å². The topological polar surface area (TPSA) is 92.8 Å². The molecule has 0 radical (unpaired) electrons. The van der Waals surface area contributed by atoms with Crippen molar-refractivity contribution in [2.24, 2.45) is 0 Å². The maximum atomic E-state index is 12.5. The van der Waals surface area contributed by atoms with Crippen LogP contribution >= 0.6 is 11.6 Å². The van der Waals surface area contributed by atoms with Crippen LogP contribution in [0.4, 0.5) is 4.79 Å². The summed E-state index contributed by atoms with van der Waals surface area (Å²) >= 11 is 5.78. The van der Waals surface area contributed by atoms with E-state index in [4.69, 9.17) is 16.3 Å². The fourth-order valence-electron chi connectivity index (χ4n) is 3.40. The number of imide groups is 1. The van der Waals surface area contributed by atoms with E-state index < -0.39 is 36.1 Å². The maximum absolute atomic E-state index is 12.5. The number of carbonyl (C=O) groups excluding carboxylic acids is 4. The monoisotopic (exact) mass is 378 g/mol. The Morgan fingerprint density at radius 1 is 1.23 bits per heavy atom. The molecule has 2 fully saturated rings. The van der Waals surface area contributed by atoms with Crippen molar-refractivity contribution >= 4 is 35.3 Å². The molecule has 3 amide bonds. The molecule has 1 saturated carbocycles. The number of Topliss-reactive ketones (excluding diaryl/α,β-unsaturated/α-hetero) is 1. The second-order valence-electron chi connectivity index (χ2n) is 6.61. The lowest BCUT2D eigenvalue weighted by molar-refractivity contribution is -0.149. The van der Waals surface area contributed by atoms with Gasteiger partial charge in [-0.15, -0.1) is 0 Å². The zero-order chi connectivity index (χ0) is 18.9. The molecule has 1 spiro atoms. The first kappa shape index (κ1) is 18.4. The Balaban J connectivity index is 1.60. The quantitative estimate of drug-likeness (QED) is 0.482. The molecule has 0 aromatic heterocycles. The van der Waals surface area contributed by atoms with E-state index in [1.165, 1.54) is 19.1 Å². The number of benzene rings is 1. The number of nitrogens with one attached hydrogen (secondary N) is 1. The van der Waals surface area contributed by atoms with Crippen LogP contribution < -0.4 is 5.32 Å². The minimum absolute atomic E-state index is 0.356. The van der Waals surface area contributed by atoms with Crippen LogP contribution in [-0.4, -0.2) is 46.8 Å². The normalized spacial score (nSPS) is 19.5. The largest absolute Gasteiger partial charge is 0.453 e. The zero-order valence-electron chi connectivity index (χ0n) is 14.3. The third-order valence-corrected chi connectivity index (χ3v) is 5.05. The van der Waals surface area contributed by atoms with Gasteiger partial charge in [-0.1, -0.05) is 24.4 Å². The van der Waals surface area contributed by atoms with E-state index in [9.17, 15) is 19.2 Å². The summed E-state index contributed by atoms with van der Waals surface area (Å²) in [5.41, 5.74) is -0.517. The minimum atomic E-state index is -1.04. The van der Waals surface area contributed by atoms with Gasteiger partial charge in [0.1, 0.15) is 12.1 Å². The van der Waals surface area contributed by atoms with Gasteiger partial charge in [0.25, 0.3) is 5.91 Å². The fourth-order valence-corrected chi connectivity index (χ4v) is 3.53. The van der Waals surface area contributed by atoms with Gasteiger partial charge in [0.2, 0.25) is 5.78 Å². The van der Waals surface area contributed by atoms with Crippen LogP contribution in [0.25, 0.3) is 0 Å². The number of urea groups is 1. The molecule has 3 rings (SSSR count). The number of hydrogen-bond donors (Lipinski definition) is 1. The second kappa shape index (κ2) is 7.07. The summed E-state index contributed by atoms with van der Waals surface area (Å²) in [4.78, 5) is 49.8. The number of ether oxygens (including phenoxy) is 1. The molecule has 7 nitrogen and oxygen atoms in total. The number of ketones is 1. The van der Waals surface area contributed by atoms with Crippen molar-refractivity contribution in [3.05, 3.63) is 34.9 Å². The molecular weight excluding hydrogens is 360 g/mol. The maximum Gasteiger partial charge on any atom is 0.326 e. The van der Waals surface area contributed by atoms with Gasteiger partial charge in [0, 0.05) is 10.6 Å². The Labute approximate surface area is 155 Å². The molecule has 0 bridgehead atoms. The molecule has 1 N–H and O–H groups in total. The number of esters is 1. The number of nitrogens with zero attached hydrogens (tertiary/aromatic N) is 1. The molecule has 1 aromatic rings. The summed E-state index contributed by atoms with van der Waals surface area (Å²) in [7, 11) is 0. The van der Waals surface area contributed by atoms with Gasteiger partial charge in [0.05, 0.1) is 0 Å². The van der Waals surface area contributed by atoms with Crippen LogP contribution in [-0.2, 0) is 14.3 Å². The van der Waals surface area contributed by atoms with Crippen molar-refractivity contribution in [1.82, 2.24) is 10.2 Å². The lowest BCUT2D eigenvalue weighted by atomic mass is 9.98. The molecule has 0 unspecified atom stereocenters. The first-order valence-electron chi connectivity index (χ1n) is 8.46. The zero-order valence-corrected chi connectivity index (χ0v) is 15.0. The number of carbonyl (C=O) groups is 4. The fraction of sp³-hybridized carbons (Fsp3) is 0.444. The van der Waals surface area contributed by atoms with Crippen molar-refractivity contribution in [3.8, 4) is 0 Å². The van der Waals surface area contributed by atoms with E-state index in [1.807, 2.05) is 0 Å². The van der Waals surface area contributed by atoms with Gasteiger partial charge in [-0.25, -0.2) is 4.79 Å². The first-order valence-corrected chi connectivity index (χ1v) is 8.83. The van der Waals surface area contributed by atoms with Gasteiger partial charge in [-0.05, 0) is 44.0 Å². The summed E-state index contributed by atoms with van der Waals surface area (Å²) in [6.45, 7) is 0.934. The van der Waals surface area contributed by atoms with Crippen LogP contribution in [0.2, 0.25) is 5.02 Å². The van der Waals surface area contributed by atoms with Crippen molar-refractivity contribution in [2.75, 3.05) is 6.54 Å². The second-order valence-corrected chi connectivity index (χ2v) is 7.05. The van der Waals surface area contributed by atoms with E-state index >= 15 is 0 Å². The molecule has 1 aromatic carbocycles. The predicted octanol–water partition coefficient (Wildman–Crippen LogP) is 2.32. The highest BCUT2D eigenvalue weighted by Gasteiger charge is 2.52. The predicted molar refractivity (Wildman–Crippen MR) is 92.8 cm³/mol. The van der Waals surface area contributed by atoms with E-state index in [-0.39, 0.29) is 5.78 Å². The van der Waals surface area contributed by atoms with E-state index in [2.05, 4.69) is 5.32 Å². The van der Waals surface area contributed by atoms with E-state index in [1.54, 1.807) is 12.1 Å². The van der Waals surface area contributed by atoms with Crippen molar-refractivity contribution in [3.63, 3.8) is 0 Å². The Morgan fingerprint density at radius 3 is 2.46 bits per heavy atom. The molecule has 1 saturated heterocycles. The molecule has 2 aliphatic rings. The van der Waals surface area contributed by atoms with E-state index in [0.29, 0.717) is 23.4 Å².